The van der Waals surface area contributed by atoms with Gasteiger partial charge in [-0.05, 0) is 5.56 Å². The van der Waals surface area contributed by atoms with Gasteiger partial charge in [-0.2, -0.15) is 0 Å². The van der Waals surface area contributed by atoms with Crippen LogP contribution in [0.5, 0.6) is 0 Å². The smallest absolute Gasteiger partial charge is 0.405 e. The fourth-order valence-electron chi connectivity index (χ4n) is 2.02. The number of carbonyl (C=O) groups is 2. The number of carboxylic acid groups (broad SMARTS) is 1. The minimum atomic E-state index is -1.21. The minimum Gasteiger partial charge on any atom is -0.465 e. The first-order valence-corrected chi connectivity index (χ1v) is 6.09. The zero-order valence-electron chi connectivity index (χ0n) is 10.4. The highest BCUT2D eigenvalue weighted by atomic mass is 16.5. The standard InChI is InChI=1S/C13H16N2O4/c16-12(15-6-8-19-9-7-15)11(14-13(17)18)10-4-2-1-3-5-10/h1-5,11,14H,6-9H2,(H,17,18). The zero-order chi connectivity index (χ0) is 13.7. The monoisotopic (exact) mass is 264 g/mol. The minimum absolute atomic E-state index is 0.239. The van der Waals surface area contributed by atoms with E-state index in [0.717, 1.165) is 0 Å². The highest BCUT2D eigenvalue weighted by Gasteiger charge is 2.28. The molecule has 1 fully saturated rings. The van der Waals surface area contributed by atoms with Gasteiger partial charge in [-0.1, -0.05) is 30.3 Å². The van der Waals surface area contributed by atoms with Gasteiger partial charge in [0.1, 0.15) is 6.04 Å². The third-order valence-corrected chi connectivity index (χ3v) is 2.97. The maximum Gasteiger partial charge on any atom is 0.405 e. The Morgan fingerprint density at radius 3 is 2.42 bits per heavy atom. The van der Waals surface area contributed by atoms with Crippen molar-refractivity contribution in [3.05, 3.63) is 35.9 Å². The molecule has 0 bridgehead atoms. The van der Waals surface area contributed by atoms with Crippen molar-refractivity contribution in [1.82, 2.24) is 10.2 Å². The number of benzene rings is 1. The molecule has 1 aliphatic heterocycles. The summed E-state index contributed by atoms with van der Waals surface area (Å²) in [6.07, 6.45) is -1.21. The lowest BCUT2D eigenvalue weighted by Crippen LogP contribution is -2.47. The van der Waals surface area contributed by atoms with Gasteiger partial charge in [0.2, 0.25) is 5.91 Å². The Hall–Kier alpha value is -2.08. The van der Waals surface area contributed by atoms with E-state index >= 15 is 0 Å². The van der Waals surface area contributed by atoms with Gasteiger partial charge >= 0.3 is 6.09 Å². The van der Waals surface area contributed by atoms with E-state index in [1.54, 1.807) is 29.2 Å². The maximum atomic E-state index is 12.4. The van der Waals surface area contributed by atoms with E-state index in [0.29, 0.717) is 31.9 Å². The summed E-state index contributed by atoms with van der Waals surface area (Å²) >= 11 is 0. The summed E-state index contributed by atoms with van der Waals surface area (Å²) in [5.41, 5.74) is 0.640. The van der Waals surface area contributed by atoms with Crippen molar-refractivity contribution in [2.45, 2.75) is 6.04 Å². The zero-order valence-corrected chi connectivity index (χ0v) is 10.4. The Kier molecular flexibility index (Phi) is 4.35. The van der Waals surface area contributed by atoms with Crippen LogP contribution in [0.1, 0.15) is 11.6 Å². The van der Waals surface area contributed by atoms with Crippen LogP contribution in [0.3, 0.4) is 0 Å². The molecule has 19 heavy (non-hydrogen) atoms. The molecule has 0 aliphatic carbocycles. The van der Waals surface area contributed by atoms with Gasteiger partial charge < -0.3 is 20.1 Å². The largest absolute Gasteiger partial charge is 0.465 e. The summed E-state index contributed by atoms with van der Waals surface area (Å²) in [7, 11) is 0. The fraction of sp³-hybridized carbons (Fsp3) is 0.385. The number of rotatable bonds is 3. The maximum absolute atomic E-state index is 12.4. The van der Waals surface area contributed by atoms with Gasteiger partial charge in [-0.3, -0.25) is 4.79 Å². The average molecular weight is 264 g/mol. The lowest BCUT2D eigenvalue weighted by molar-refractivity contribution is -0.137. The van der Waals surface area contributed by atoms with Gasteiger partial charge in [0.25, 0.3) is 0 Å². The average Bonchev–Trinajstić information content (AvgIpc) is 2.46. The Balaban J connectivity index is 2.17. The van der Waals surface area contributed by atoms with Crippen LogP contribution in [0.25, 0.3) is 0 Å². The van der Waals surface area contributed by atoms with Crippen LogP contribution in [-0.4, -0.2) is 48.3 Å². The molecule has 1 heterocycles. The Labute approximate surface area is 111 Å². The quantitative estimate of drug-likeness (QED) is 0.848. The molecule has 2 amide bonds. The predicted octanol–water partition coefficient (Wildman–Crippen LogP) is 0.854. The van der Waals surface area contributed by atoms with Crippen LogP contribution in [-0.2, 0) is 9.53 Å². The van der Waals surface area contributed by atoms with Crippen molar-refractivity contribution in [3.8, 4) is 0 Å². The number of hydrogen-bond acceptors (Lipinski definition) is 3. The van der Waals surface area contributed by atoms with Crippen molar-refractivity contribution < 1.29 is 19.4 Å². The normalized spacial score (nSPS) is 16.7. The van der Waals surface area contributed by atoms with Crippen molar-refractivity contribution in [2.24, 2.45) is 0 Å². The van der Waals surface area contributed by atoms with Crippen molar-refractivity contribution in [1.29, 1.82) is 0 Å². The molecule has 2 N–H and O–H groups in total. The van der Waals surface area contributed by atoms with Gasteiger partial charge in [0.05, 0.1) is 13.2 Å². The van der Waals surface area contributed by atoms with E-state index < -0.39 is 12.1 Å². The first-order chi connectivity index (χ1) is 9.18. The molecule has 0 aromatic heterocycles. The van der Waals surface area contributed by atoms with E-state index in [1.165, 1.54) is 0 Å². The number of morpholine rings is 1. The molecule has 1 atom stereocenters. The highest BCUT2D eigenvalue weighted by molar-refractivity contribution is 5.86. The SMILES string of the molecule is O=C(O)NC(C(=O)N1CCOCC1)c1ccccc1. The molecule has 1 aromatic carbocycles. The molecule has 0 spiro atoms. The van der Waals surface area contributed by atoms with E-state index in [2.05, 4.69) is 5.32 Å². The van der Waals surface area contributed by atoms with Gasteiger partial charge in [0.15, 0.2) is 0 Å². The Morgan fingerprint density at radius 1 is 1.21 bits per heavy atom. The molecule has 1 saturated heterocycles. The van der Waals surface area contributed by atoms with E-state index in [9.17, 15) is 9.59 Å². The molecule has 6 heteroatoms. The summed E-state index contributed by atoms with van der Waals surface area (Å²) < 4.78 is 5.19. The number of nitrogens with one attached hydrogen (secondary N) is 1. The van der Waals surface area contributed by atoms with Crippen LogP contribution < -0.4 is 5.32 Å². The van der Waals surface area contributed by atoms with Gasteiger partial charge in [0, 0.05) is 13.1 Å². The molecule has 102 valence electrons. The number of ether oxygens (including phenoxy) is 1. The van der Waals surface area contributed by atoms with Crippen LogP contribution in [0.2, 0.25) is 0 Å². The topological polar surface area (TPSA) is 78.9 Å². The van der Waals surface area contributed by atoms with Crippen molar-refractivity contribution in [3.63, 3.8) is 0 Å². The van der Waals surface area contributed by atoms with Gasteiger partial charge in [-0.25, -0.2) is 4.79 Å². The third-order valence-electron chi connectivity index (χ3n) is 2.97. The molecular formula is C13H16N2O4. The Bertz CT molecular complexity index is 443. The molecule has 0 saturated carbocycles. The molecular weight excluding hydrogens is 248 g/mol. The second-order valence-corrected chi connectivity index (χ2v) is 4.23. The number of hydrogen-bond donors (Lipinski definition) is 2. The summed E-state index contributed by atoms with van der Waals surface area (Å²) in [5.74, 6) is -0.239. The van der Waals surface area contributed by atoms with Gasteiger partial charge in [-0.15, -0.1) is 0 Å². The highest BCUT2D eigenvalue weighted by Crippen LogP contribution is 2.16. The summed E-state index contributed by atoms with van der Waals surface area (Å²) in [4.78, 5) is 24.9. The lowest BCUT2D eigenvalue weighted by atomic mass is 10.1. The fourth-order valence-corrected chi connectivity index (χ4v) is 2.02. The molecule has 0 radical (unpaired) electrons. The van der Waals surface area contributed by atoms with E-state index in [-0.39, 0.29) is 5.91 Å². The van der Waals surface area contributed by atoms with Crippen molar-refractivity contribution >= 4 is 12.0 Å². The summed E-state index contributed by atoms with van der Waals surface area (Å²) in [6, 6.07) is 7.98. The summed E-state index contributed by atoms with van der Waals surface area (Å²) in [5, 5.41) is 11.2. The van der Waals surface area contributed by atoms with E-state index in [4.69, 9.17) is 9.84 Å². The second-order valence-electron chi connectivity index (χ2n) is 4.23. The molecule has 1 aliphatic rings. The number of carbonyl (C=O) groups excluding carboxylic acids is 1. The predicted molar refractivity (Wildman–Crippen MR) is 67.7 cm³/mol. The molecule has 1 unspecified atom stereocenters. The lowest BCUT2D eigenvalue weighted by Gasteiger charge is -2.30. The number of nitrogens with zero attached hydrogens (tertiary/aromatic N) is 1. The Morgan fingerprint density at radius 2 is 1.84 bits per heavy atom. The summed E-state index contributed by atoms with van der Waals surface area (Å²) in [6.45, 7) is 1.95. The molecule has 1 aromatic rings. The molecule has 6 nitrogen and oxygen atoms in total. The van der Waals surface area contributed by atoms with Crippen molar-refractivity contribution in [2.75, 3.05) is 26.3 Å². The first kappa shape index (κ1) is 13.4. The number of amides is 2. The van der Waals surface area contributed by atoms with Crippen LogP contribution in [0, 0.1) is 0 Å². The molecule has 2 rings (SSSR count). The van der Waals surface area contributed by atoms with Crippen LogP contribution >= 0.6 is 0 Å². The second kappa shape index (κ2) is 6.19. The van der Waals surface area contributed by atoms with E-state index in [1.807, 2.05) is 6.07 Å². The van der Waals surface area contributed by atoms with Crippen LogP contribution in [0.15, 0.2) is 30.3 Å². The van der Waals surface area contributed by atoms with Crippen LogP contribution in [0.4, 0.5) is 4.79 Å². The first-order valence-electron chi connectivity index (χ1n) is 6.09. The third kappa shape index (κ3) is 3.45.